The van der Waals surface area contributed by atoms with Crippen molar-refractivity contribution in [2.24, 2.45) is 0 Å². The van der Waals surface area contributed by atoms with E-state index in [4.69, 9.17) is 4.74 Å². The van der Waals surface area contributed by atoms with Gasteiger partial charge in [-0.25, -0.2) is 0 Å². The van der Waals surface area contributed by atoms with E-state index in [1.807, 2.05) is 6.08 Å². The first kappa shape index (κ1) is 80.8. The average molecular weight is 1170 g/mol. The van der Waals surface area contributed by atoms with Gasteiger partial charge in [0, 0.05) is 12.8 Å². The largest absolute Gasteiger partial charge is 0.466 e. The van der Waals surface area contributed by atoms with Gasteiger partial charge in [-0.05, 0) is 89.9 Å². The fraction of sp³-hybridized carbons (Fsp3) is 0.870. The Hall–Kier alpha value is -2.18. The van der Waals surface area contributed by atoms with Gasteiger partial charge in [-0.3, -0.25) is 9.59 Å². The zero-order valence-corrected chi connectivity index (χ0v) is 55.9. The first-order valence-corrected chi connectivity index (χ1v) is 37.4. The second-order valence-corrected chi connectivity index (χ2v) is 25.6. The Balaban J connectivity index is 3.36. The number of hydrogen-bond acceptors (Lipinski definition) is 5. The Kier molecular flexibility index (Phi) is 70.4. The molecular formula is C77H145NO5. The summed E-state index contributed by atoms with van der Waals surface area (Å²) in [7, 11) is 0. The Morgan fingerprint density at radius 2 is 0.602 bits per heavy atom. The number of aliphatic hydroxyl groups excluding tert-OH is 2. The summed E-state index contributed by atoms with van der Waals surface area (Å²) in [6, 6.07) is -0.626. The van der Waals surface area contributed by atoms with Gasteiger partial charge in [-0.2, -0.15) is 0 Å². The third-order valence-electron chi connectivity index (χ3n) is 17.3. The maximum atomic E-state index is 12.5. The molecule has 0 aromatic heterocycles. The third-order valence-corrected chi connectivity index (χ3v) is 17.3. The molecule has 0 aliphatic carbocycles. The van der Waals surface area contributed by atoms with Gasteiger partial charge in [0.05, 0.1) is 25.4 Å². The number of nitrogens with one attached hydrogen (secondary N) is 1. The van der Waals surface area contributed by atoms with E-state index >= 15 is 0 Å². The molecule has 2 atom stereocenters. The molecule has 83 heavy (non-hydrogen) atoms. The molecule has 0 aliphatic heterocycles. The maximum absolute atomic E-state index is 12.5. The number of esters is 1. The van der Waals surface area contributed by atoms with E-state index in [1.165, 1.54) is 327 Å². The van der Waals surface area contributed by atoms with Gasteiger partial charge in [0.25, 0.3) is 0 Å². The quantitative estimate of drug-likeness (QED) is 0.0320. The predicted octanol–water partition coefficient (Wildman–Crippen LogP) is 24.4. The Labute approximate surface area is 518 Å². The average Bonchev–Trinajstić information content (AvgIpc) is 3.49. The van der Waals surface area contributed by atoms with Gasteiger partial charge in [0.15, 0.2) is 0 Å². The number of amides is 1. The standard InChI is InChI=1S/C77H145NO5/c1-3-5-7-9-11-13-15-17-19-38-43-47-51-55-59-63-67-71-77(82)83-72-68-64-60-56-52-48-44-40-37-35-33-31-29-27-25-23-21-22-24-26-28-30-32-34-36-39-42-46-50-54-58-62-66-70-76(81)78-74(73-79)75(80)69-65-61-57-53-49-45-41-20-18-16-14-12-10-8-6-4-2/h11,13,17,19,25,27,65,69,74-75,79-80H,3-10,12,14-16,18,20-24,26,28-64,66-68,70-73H2,1-2H3,(H,78,81)/b13-11-,19-17-,27-25-,69-65+. The van der Waals surface area contributed by atoms with E-state index in [0.29, 0.717) is 19.4 Å². The molecule has 2 unspecified atom stereocenters. The van der Waals surface area contributed by atoms with Crippen LogP contribution in [0.25, 0.3) is 0 Å². The first-order valence-electron chi connectivity index (χ1n) is 37.4. The van der Waals surface area contributed by atoms with Gasteiger partial charge >= 0.3 is 5.97 Å². The normalized spacial score (nSPS) is 12.8. The fourth-order valence-electron chi connectivity index (χ4n) is 11.6. The molecule has 0 fully saturated rings. The molecular weight excluding hydrogens is 1020 g/mol. The highest BCUT2D eigenvalue weighted by molar-refractivity contribution is 5.76. The van der Waals surface area contributed by atoms with Crippen molar-refractivity contribution in [3.63, 3.8) is 0 Å². The molecule has 3 N–H and O–H groups in total. The van der Waals surface area contributed by atoms with Crippen molar-refractivity contribution in [1.82, 2.24) is 5.32 Å². The third kappa shape index (κ3) is 68.8. The van der Waals surface area contributed by atoms with E-state index < -0.39 is 12.1 Å². The summed E-state index contributed by atoms with van der Waals surface area (Å²) in [5, 5.41) is 23.2. The van der Waals surface area contributed by atoms with Crippen molar-refractivity contribution < 1.29 is 24.5 Å². The van der Waals surface area contributed by atoms with Gasteiger partial charge in [-0.1, -0.05) is 351 Å². The van der Waals surface area contributed by atoms with Gasteiger partial charge in [0.1, 0.15) is 0 Å². The lowest BCUT2D eigenvalue weighted by Gasteiger charge is -2.20. The van der Waals surface area contributed by atoms with Gasteiger partial charge in [0.2, 0.25) is 5.91 Å². The first-order chi connectivity index (χ1) is 41.0. The Morgan fingerprint density at radius 3 is 0.952 bits per heavy atom. The summed E-state index contributed by atoms with van der Waals surface area (Å²) in [5.41, 5.74) is 0. The molecule has 0 aromatic rings. The molecule has 0 bridgehead atoms. The molecule has 0 rings (SSSR count). The van der Waals surface area contributed by atoms with Crippen LogP contribution < -0.4 is 5.32 Å². The zero-order chi connectivity index (χ0) is 59.9. The van der Waals surface area contributed by atoms with Crippen LogP contribution >= 0.6 is 0 Å². The molecule has 0 radical (unpaired) electrons. The highest BCUT2D eigenvalue weighted by Gasteiger charge is 2.18. The molecule has 6 heteroatoms. The van der Waals surface area contributed by atoms with Crippen molar-refractivity contribution in [2.45, 2.75) is 418 Å². The lowest BCUT2D eigenvalue weighted by Crippen LogP contribution is -2.45. The van der Waals surface area contributed by atoms with Crippen LogP contribution in [0.3, 0.4) is 0 Å². The van der Waals surface area contributed by atoms with Crippen LogP contribution in [0, 0.1) is 0 Å². The van der Waals surface area contributed by atoms with Gasteiger partial charge < -0.3 is 20.3 Å². The van der Waals surface area contributed by atoms with Crippen molar-refractivity contribution >= 4 is 11.9 Å². The van der Waals surface area contributed by atoms with Crippen LogP contribution in [0.5, 0.6) is 0 Å². The monoisotopic (exact) mass is 1160 g/mol. The number of aliphatic hydroxyl groups is 2. The maximum Gasteiger partial charge on any atom is 0.305 e. The number of ether oxygens (including phenoxy) is 1. The van der Waals surface area contributed by atoms with Crippen LogP contribution in [0.4, 0.5) is 0 Å². The predicted molar refractivity (Wildman–Crippen MR) is 366 cm³/mol. The topological polar surface area (TPSA) is 95.9 Å². The zero-order valence-electron chi connectivity index (χ0n) is 55.9. The second kappa shape index (κ2) is 72.3. The molecule has 488 valence electrons. The molecule has 0 aliphatic rings. The lowest BCUT2D eigenvalue weighted by atomic mass is 10.0. The highest BCUT2D eigenvalue weighted by Crippen LogP contribution is 2.19. The van der Waals surface area contributed by atoms with Crippen LogP contribution in [0.15, 0.2) is 48.6 Å². The molecule has 0 saturated heterocycles. The minimum absolute atomic E-state index is 0.0109. The molecule has 0 aromatic carbocycles. The van der Waals surface area contributed by atoms with Crippen molar-refractivity contribution in [2.75, 3.05) is 13.2 Å². The number of allylic oxidation sites excluding steroid dienone is 7. The van der Waals surface area contributed by atoms with Crippen LogP contribution in [0.2, 0.25) is 0 Å². The molecule has 6 nitrogen and oxygen atoms in total. The van der Waals surface area contributed by atoms with E-state index in [1.54, 1.807) is 6.08 Å². The number of carbonyl (C=O) groups excluding carboxylic acids is 2. The summed E-state index contributed by atoms with van der Waals surface area (Å²) in [5.74, 6) is -0.0515. The van der Waals surface area contributed by atoms with Crippen LogP contribution in [-0.4, -0.2) is 47.4 Å². The molecule has 0 saturated carbocycles. The summed E-state index contributed by atoms with van der Waals surface area (Å²) in [4.78, 5) is 24.6. The van der Waals surface area contributed by atoms with Crippen molar-refractivity contribution in [1.29, 1.82) is 0 Å². The number of hydrogen-bond donors (Lipinski definition) is 3. The molecule has 0 heterocycles. The number of rotatable bonds is 70. The number of carbonyl (C=O) groups is 2. The summed E-state index contributed by atoms with van der Waals surface area (Å²) < 4.78 is 5.50. The van der Waals surface area contributed by atoms with Crippen LogP contribution in [0.1, 0.15) is 406 Å². The molecule has 1 amide bonds. The second-order valence-electron chi connectivity index (χ2n) is 25.6. The lowest BCUT2D eigenvalue weighted by molar-refractivity contribution is -0.143. The Morgan fingerprint density at radius 1 is 0.337 bits per heavy atom. The highest BCUT2D eigenvalue weighted by atomic mass is 16.5. The smallest absolute Gasteiger partial charge is 0.305 e. The van der Waals surface area contributed by atoms with E-state index in [0.717, 1.165) is 51.4 Å². The summed E-state index contributed by atoms with van der Waals surface area (Å²) in [6.45, 7) is 4.91. The Bertz CT molecular complexity index is 1390. The molecule has 0 spiro atoms. The minimum Gasteiger partial charge on any atom is -0.466 e. The summed E-state index contributed by atoms with van der Waals surface area (Å²) in [6.07, 6.45) is 95.0. The van der Waals surface area contributed by atoms with Gasteiger partial charge in [-0.15, -0.1) is 0 Å². The summed E-state index contributed by atoms with van der Waals surface area (Å²) >= 11 is 0. The van der Waals surface area contributed by atoms with E-state index in [2.05, 4.69) is 55.6 Å². The van der Waals surface area contributed by atoms with Crippen LogP contribution in [-0.2, 0) is 14.3 Å². The van der Waals surface area contributed by atoms with Crippen molar-refractivity contribution in [3.8, 4) is 0 Å². The van der Waals surface area contributed by atoms with E-state index in [-0.39, 0.29) is 18.5 Å². The van der Waals surface area contributed by atoms with Crippen molar-refractivity contribution in [3.05, 3.63) is 48.6 Å². The fourth-order valence-corrected chi connectivity index (χ4v) is 11.6. The number of unbranched alkanes of at least 4 members (excludes halogenated alkanes) is 53. The van der Waals surface area contributed by atoms with E-state index in [9.17, 15) is 19.8 Å². The SMILES string of the molecule is CCCCC/C=C\C/C=C\CCCCCCCCCC(=O)OCCCCCCCCCCCCCC/C=C\CCCCCCCCCCCCCCCCCCCC(=O)NC(CO)C(O)/C=C/CCCCCCCCCCCCCCCC. The minimum atomic E-state index is -0.843.